The number of aromatic amines is 1. The molecule has 0 aromatic carbocycles. The third kappa shape index (κ3) is 2.93. The van der Waals surface area contributed by atoms with E-state index in [0.717, 1.165) is 13.0 Å². The number of nitrogens with one attached hydrogen (secondary N) is 2. The van der Waals surface area contributed by atoms with Crippen LogP contribution in [-0.2, 0) is 6.54 Å². The molecule has 12 heavy (non-hydrogen) atoms. The summed E-state index contributed by atoms with van der Waals surface area (Å²) in [5.74, 6) is 0. The first-order valence-corrected chi connectivity index (χ1v) is 4.29. The summed E-state index contributed by atoms with van der Waals surface area (Å²) in [6.45, 7) is 6.76. The molecule has 0 aliphatic heterocycles. The van der Waals surface area contributed by atoms with Crippen molar-refractivity contribution in [3.63, 3.8) is 0 Å². The van der Waals surface area contributed by atoms with Crippen LogP contribution in [0, 0.1) is 0 Å². The van der Waals surface area contributed by atoms with Crippen molar-refractivity contribution in [2.75, 3.05) is 0 Å². The Labute approximate surface area is 73.7 Å². The molecule has 1 rings (SSSR count). The molecule has 0 spiro atoms. The molecular formula is C10H16N2. The van der Waals surface area contributed by atoms with Crippen molar-refractivity contribution in [1.29, 1.82) is 0 Å². The highest BCUT2D eigenvalue weighted by atomic mass is 14.9. The van der Waals surface area contributed by atoms with E-state index in [2.05, 4.69) is 29.9 Å². The van der Waals surface area contributed by atoms with Gasteiger partial charge in [0.25, 0.3) is 0 Å². The first kappa shape index (κ1) is 9.07. The predicted molar refractivity (Wildman–Crippen MR) is 51.9 cm³/mol. The van der Waals surface area contributed by atoms with Gasteiger partial charge in [0.1, 0.15) is 0 Å². The lowest BCUT2D eigenvalue weighted by molar-refractivity contribution is 0.549. The first-order chi connectivity index (χ1) is 5.83. The van der Waals surface area contributed by atoms with Crippen molar-refractivity contribution >= 4 is 0 Å². The maximum absolute atomic E-state index is 3.70. The number of rotatable bonds is 5. The predicted octanol–water partition coefficient (Wildman–Crippen LogP) is 2.07. The molecule has 1 unspecified atom stereocenters. The summed E-state index contributed by atoms with van der Waals surface area (Å²) >= 11 is 0. The van der Waals surface area contributed by atoms with Crippen LogP contribution in [0.15, 0.2) is 31.0 Å². The Morgan fingerprint density at radius 2 is 2.58 bits per heavy atom. The fourth-order valence-corrected chi connectivity index (χ4v) is 1.10. The fraction of sp³-hybridized carbons (Fsp3) is 0.400. The van der Waals surface area contributed by atoms with Gasteiger partial charge in [0.2, 0.25) is 0 Å². The van der Waals surface area contributed by atoms with Crippen LogP contribution in [0.5, 0.6) is 0 Å². The fourth-order valence-electron chi connectivity index (χ4n) is 1.10. The van der Waals surface area contributed by atoms with E-state index in [4.69, 9.17) is 0 Å². The second-order valence-electron chi connectivity index (χ2n) is 3.00. The van der Waals surface area contributed by atoms with Gasteiger partial charge >= 0.3 is 0 Å². The van der Waals surface area contributed by atoms with E-state index in [1.165, 1.54) is 5.69 Å². The number of aromatic nitrogens is 1. The van der Waals surface area contributed by atoms with E-state index in [0.29, 0.717) is 6.04 Å². The molecule has 0 bridgehead atoms. The normalized spacial score (nSPS) is 12.8. The van der Waals surface area contributed by atoms with Crippen molar-refractivity contribution < 1.29 is 0 Å². The second kappa shape index (κ2) is 4.78. The summed E-state index contributed by atoms with van der Waals surface area (Å²) < 4.78 is 0. The average molecular weight is 164 g/mol. The van der Waals surface area contributed by atoms with Crippen LogP contribution < -0.4 is 5.32 Å². The highest BCUT2D eigenvalue weighted by Crippen LogP contribution is 1.96. The molecule has 0 radical (unpaired) electrons. The smallest absolute Gasteiger partial charge is 0.0359 e. The van der Waals surface area contributed by atoms with Crippen molar-refractivity contribution in [3.8, 4) is 0 Å². The zero-order chi connectivity index (χ0) is 8.81. The minimum atomic E-state index is 0.505. The van der Waals surface area contributed by atoms with Crippen LogP contribution in [0.4, 0.5) is 0 Å². The molecule has 66 valence electrons. The quantitative estimate of drug-likeness (QED) is 0.641. The van der Waals surface area contributed by atoms with Crippen LogP contribution >= 0.6 is 0 Å². The van der Waals surface area contributed by atoms with Gasteiger partial charge in [-0.25, -0.2) is 0 Å². The molecule has 2 nitrogen and oxygen atoms in total. The highest BCUT2D eigenvalue weighted by Gasteiger charge is 1.97. The van der Waals surface area contributed by atoms with Gasteiger partial charge in [0, 0.05) is 24.5 Å². The lowest BCUT2D eigenvalue weighted by Gasteiger charge is -2.09. The van der Waals surface area contributed by atoms with Gasteiger partial charge in [-0.3, -0.25) is 0 Å². The molecule has 2 heteroatoms. The van der Waals surface area contributed by atoms with Gasteiger partial charge < -0.3 is 10.3 Å². The van der Waals surface area contributed by atoms with Crippen LogP contribution in [-0.4, -0.2) is 11.0 Å². The molecule has 0 amide bonds. The summed E-state index contributed by atoms with van der Waals surface area (Å²) in [4.78, 5) is 3.15. The van der Waals surface area contributed by atoms with Crippen LogP contribution in [0.3, 0.4) is 0 Å². The number of hydrogen-bond donors (Lipinski definition) is 2. The third-order valence-corrected chi connectivity index (χ3v) is 1.82. The molecule has 0 fully saturated rings. The van der Waals surface area contributed by atoms with Crippen LogP contribution in [0.2, 0.25) is 0 Å². The number of hydrogen-bond acceptors (Lipinski definition) is 1. The Bertz CT molecular complexity index is 214. The molecule has 0 saturated heterocycles. The summed E-state index contributed by atoms with van der Waals surface area (Å²) in [5, 5.41) is 3.38. The molecule has 1 aromatic rings. The van der Waals surface area contributed by atoms with Gasteiger partial charge in [0.15, 0.2) is 0 Å². The SMILES string of the molecule is C=CCC(C)NCc1ccc[nH]1. The van der Waals surface area contributed by atoms with Crippen LogP contribution in [0.1, 0.15) is 19.0 Å². The molecule has 0 saturated carbocycles. The summed E-state index contributed by atoms with van der Waals surface area (Å²) in [7, 11) is 0. The Kier molecular flexibility index (Phi) is 3.61. The minimum Gasteiger partial charge on any atom is -0.364 e. The molecule has 2 N–H and O–H groups in total. The molecule has 1 aromatic heterocycles. The monoisotopic (exact) mass is 164 g/mol. The van der Waals surface area contributed by atoms with Gasteiger partial charge in [-0.05, 0) is 25.5 Å². The lowest BCUT2D eigenvalue weighted by atomic mass is 10.2. The maximum Gasteiger partial charge on any atom is 0.0359 e. The molecule has 1 atom stereocenters. The van der Waals surface area contributed by atoms with E-state index < -0.39 is 0 Å². The summed E-state index contributed by atoms with van der Waals surface area (Å²) in [6.07, 6.45) is 4.89. The molecule has 0 aliphatic rings. The van der Waals surface area contributed by atoms with E-state index in [9.17, 15) is 0 Å². The Hall–Kier alpha value is -1.02. The van der Waals surface area contributed by atoms with Gasteiger partial charge in [-0.1, -0.05) is 6.08 Å². The van der Waals surface area contributed by atoms with Gasteiger partial charge in [0.05, 0.1) is 0 Å². The molecule has 0 aliphatic carbocycles. The topological polar surface area (TPSA) is 27.8 Å². The van der Waals surface area contributed by atoms with Crippen LogP contribution in [0.25, 0.3) is 0 Å². The third-order valence-electron chi connectivity index (χ3n) is 1.82. The number of H-pyrrole nitrogens is 1. The van der Waals surface area contributed by atoms with E-state index in [1.54, 1.807) is 0 Å². The van der Waals surface area contributed by atoms with Crippen molar-refractivity contribution in [2.24, 2.45) is 0 Å². The van der Waals surface area contributed by atoms with Crippen molar-refractivity contribution in [3.05, 3.63) is 36.7 Å². The molecular weight excluding hydrogens is 148 g/mol. The Morgan fingerprint density at radius 1 is 1.75 bits per heavy atom. The zero-order valence-corrected chi connectivity index (χ0v) is 7.51. The molecule has 1 heterocycles. The highest BCUT2D eigenvalue weighted by molar-refractivity contribution is 5.03. The summed E-state index contributed by atoms with van der Waals surface area (Å²) in [5.41, 5.74) is 1.23. The van der Waals surface area contributed by atoms with E-state index in [-0.39, 0.29) is 0 Å². The second-order valence-corrected chi connectivity index (χ2v) is 3.00. The average Bonchev–Trinajstić information content (AvgIpc) is 2.53. The lowest BCUT2D eigenvalue weighted by Crippen LogP contribution is -2.24. The van der Waals surface area contributed by atoms with Crippen molar-refractivity contribution in [1.82, 2.24) is 10.3 Å². The Morgan fingerprint density at radius 3 is 3.17 bits per heavy atom. The largest absolute Gasteiger partial charge is 0.364 e. The standard InChI is InChI=1S/C10H16N2/c1-3-5-9(2)12-8-10-6-4-7-11-10/h3-4,6-7,9,11-12H,1,5,8H2,2H3. The maximum atomic E-state index is 3.70. The van der Waals surface area contributed by atoms with Gasteiger partial charge in [-0.15, -0.1) is 6.58 Å². The van der Waals surface area contributed by atoms with E-state index in [1.807, 2.05) is 18.3 Å². The van der Waals surface area contributed by atoms with Gasteiger partial charge in [-0.2, -0.15) is 0 Å². The van der Waals surface area contributed by atoms with Crippen molar-refractivity contribution in [2.45, 2.75) is 25.9 Å². The Balaban J connectivity index is 2.21. The zero-order valence-electron chi connectivity index (χ0n) is 7.51. The summed E-state index contributed by atoms with van der Waals surface area (Å²) in [6, 6.07) is 4.59. The first-order valence-electron chi connectivity index (χ1n) is 4.29. The van der Waals surface area contributed by atoms with E-state index >= 15 is 0 Å². The minimum absolute atomic E-state index is 0.505.